The average Bonchev–Trinajstić information content (AvgIpc) is 2.34. The van der Waals surface area contributed by atoms with E-state index in [0.29, 0.717) is 6.07 Å². The highest BCUT2D eigenvalue weighted by Gasteiger charge is 2.27. The summed E-state index contributed by atoms with van der Waals surface area (Å²) in [5.41, 5.74) is 4.04. The number of nitrogens with one attached hydrogen (secondary N) is 1. The van der Waals surface area contributed by atoms with Gasteiger partial charge in [-0.05, 0) is 19.9 Å². The van der Waals surface area contributed by atoms with Crippen LogP contribution in [-0.2, 0) is 10.0 Å². The molecule has 1 aromatic carbocycles. The van der Waals surface area contributed by atoms with Crippen LogP contribution in [0.5, 0.6) is 5.75 Å². The summed E-state index contributed by atoms with van der Waals surface area (Å²) in [6.45, 7) is 3.07. The molecule has 0 saturated carbocycles. The fourth-order valence-electron chi connectivity index (χ4n) is 1.41. The van der Waals surface area contributed by atoms with E-state index in [4.69, 9.17) is 5.73 Å². The second kappa shape index (κ2) is 5.92. The van der Waals surface area contributed by atoms with Crippen molar-refractivity contribution < 1.29 is 22.5 Å². The molecule has 1 aromatic rings. The maximum Gasteiger partial charge on any atom is 0.315 e. The molecule has 0 fully saturated rings. The SMILES string of the molecule is COc1c(F)cc(S(=O)(=O)NCC(C)(C)N)cc1[N+](=O)[O-]. The highest BCUT2D eigenvalue weighted by molar-refractivity contribution is 7.89. The molecule has 0 bridgehead atoms. The molecule has 0 spiro atoms. The number of sulfonamides is 1. The summed E-state index contributed by atoms with van der Waals surface area (Å²) in [6, 6.07) is 1.38. The largest absolute Gasteiger partial charge is 0.488 e. The van der Waals surface area contributed by atoms with Crippen LogP contribution in [0.2, 0.25) is 0 Å². The van der Waals surface area contributed by atoms with Gasteiger partial charge in [0.25, 0.3) is 0 Å². The Hall–Kier alpha value is -1.78. The third kappa shape index (κ3) is 4.34. The zero-order valence-corrected chi connectivity index (χ0v) is 12.5. The number of benzene rings is 1. The number of ether oxygens (including phenoxy) is 1. The first-order valence-electron chi connectivity index (χ1n) is 5.78. The van der Waals surface area contributed by atoms with E-state index >= 15 is 0 Å². The molecule has 0 atom stereocenters. The van der Waals surface area contributed by atoms with Crippen LogP contribution in [0.1, 0.15) is 13.8 Å². The second-order valence-corrected chi connectivity index (χ2v) is 6.79. The molecule has 1 rings (SSSR count). The number of methoxy groups -OCH3 is 1. The Morgan fingerprint density at radius 1 is 1.48 bits per heavy atom. The first kappa shape index (κ1) is 17.3. The first-order valence-corrected chi connectivity index (χ1v) is 7.27. The Kier molecular flexibility index (Phi) is 4.87. The summed E-state index contributed by atoms with van der Waals surface area (Å²) < 4.78 is 44.5. The molecule has 8 nitrogen and oxygen atoms in total. The summed E-state index contributed by atoms with van der Waals surface area (Å²) in [5.74, 6) is -1.77. The van der Waals surface area contributed by atoms with Gasteiger partial charge in [0.1, 0.15) is 0 Å². The van der Waals surface area contributed by atoms with Crippen LogP contribution in [-0.4, -0.2) is 32.5 Å². The minimum Gasteiger partial charge on any atom is -0.488 e. The highest BCUT2D eigenvalue weighted by atomic mass is 32.2. The summed E-state index contributed by atoms with van der Waals surface area (Å²) in [7, 11) is -3.08. The van der Waals surface area contributed by atoms with E-state index in [9.17, 15) is 22.9 Å². The highest BCUT2D eigenvalue weighted by Crippen LogP contribution is 2.32. The maximum absolute atomic E-state index is 13.7. The Labute approximate surface area is 121 Å². The predicted octanol–water partition coefficient (Wildman–Crippen LogP) is 0.758. The molecule has 0 amide bonds. The topological polar surface area (TPSA) is 125 Å². The number of hydrogen-bond donors (Lipinski definition) is 2. The molecule has 0 unspecified atom stereocenters. The van der Waals surface area contributed by atoms with Crippen LogP contribution in [0.25, 0.3) is 0 Å². The molecule has 0 heterocycles. The van der Waals surface area contributed by atoms with Gasteiger partial charge in [0.15, 0.2) is 5.82 Å². The molecule has 0 aliphatic carbocycles. The van der Waals surface area contributed by atoms with Gasteiger partial charge in [0, 0.05) is 18.2 Å². The van der Waals surface area contributed by atoms with Gasteiger partial charge in [0.2, 0.25) is 15.8 Å². The van der Waals surface area contributed by atoms with Gasteiger partial charge >= 0.3 is 5.69 Å². The number of nitrogens with zero attached hydrogens (tertiary/aromatic N) is 1. The molecular formula is C11H16FN3O5S. The van der Waals surface area contributed by atoms with Crippen molar-refractivity contribution in [1.82, 2.24) is 4.72 Å². The van der Waals surface area contributed by atoms with E-state index < -0.39 is 42.6 Å². The van der Waals surface area contributed by atoms with Crippen LogP contribution in [0, 0.1) is 15.9 Å². The molecule has 0 saturated heterocycles. The van der Waals surface area contributed by atoms with Crippen molar-refractivity contribution in [1.29, 1.82) is 0 Å². The van der Waals surface area contributed by atoms with Gasteiger partial charge < -0.3 is 10.5 Å². The lowest BCUT2D eigenvalue weighted by Gasteiger charge is -2.19. The van der Waals surface area contributed by atoms with Crippen molar-refractivity contribution in [3.05, 3.63) is 28.1 Å². The molecular weight excluding hydrogens is 305 g/mol. The molecule has 0 aliphatic heterocycles. The van der Waals surface area contributed by atoms with Crippen molar-refractivity contribution in [3.63, 3.8) is 0 Å². The third-order valence-corrected chi connectivity index (χ3v) is 3.81. The molecule has 0 radical (unpaired) electrons. The maximum atomic E-state index is 13.7. The number of nitro groups is 1. The summed E-state index contributed by atoms with van der Waals surface area (Å²) in [5, 5.41) is 10.9. The lowest BCUT2D eigenvalue weighted by molar-refractivity contribution is -0.386. The van der Waals surface area contributed by atoms with E-state index in [0.717, 1.165) is 13.2 Å². The monoisotopic (exact) mass is 321 g/mol. The van der Waals surface area contributed by atoms with Gasteiger partial charge in [-0.15, -0.1) is 0 Å². The van der Waals surface area contributed by atoms with E-state index in [2.05, 4.69) is 9.46 Å². The number of nitrogens with two attached hydrogens (primary N) is 1. The van der Waals surface area contributed by atoms with Crippen molar-refractivity contribution >= 4 is 15.7 Å². The van der Waals surface area contributed by atoms with Gasteiger partial charge in [-0.2, -0.15) is 0 Å². The summed E-state index contributed by atoms with van der Waals surface area (Å²) in [4.78, 5) is 9.36. The van der Waals surface area contributed by atoms with Gasteiger partial charge in [-0.1, -0.05) is 0 Å². The third-order valence-electron chi connectivity index (χ3n) is 2.43. The van der Waals surface area contributed by atoms with E-state index in [-0.39, 0.29) is 6.54 Å². The van der Waals surface area contributed by atoms with Crippen LogP contribution in [0.3, 0.4) is 0 Å². The van der Waals surface area contributed by atoms with Crippen molar-refractivity contribution in [3.8, 4) is 5.75 Å². The Bertz CT molecular complexity index is 655. The van der Waals surface area contributed by atoms with Gasteiger partial charge in [-0.3, -0.25) is 10.1 Å². The molecule has 10 heteroatoms. The summed E-state index contributed by atoms with van der Waals surface area (Å²) >= 11 is 0. The number of hydrogen-bond acceptors (Lipinski definition) is 6. The number of halogens is 1. The predicted molar refractivity (Wildman–Crippen MR) is 73.1 cm³/mol. The first-order chi connectivity index (χ1) is 9.48. The van der Waals surface area contributed by atoms with Crippen molar-refractivity contribution in [2.75, 3.05) is 13.7 Å². The van der Waals surface area contributed by atoms with Crippen molar-refractivity contribution in [2.45, 2.75) is 24.3 Å². The van der Waals surface area contributed by atoms with Crippen LogP contribution >= 0.6 is 0 Å². The average molecular weight is 321 g/mol. The Morgan fingerprint density at radius 3 is 2.48 bits per heavy atom. The molecule has 0 aliphatic rings. The van der Waals surface area contributed by atoms with Crippen molar-refractivity contribution in [2.24, 2.45) is 5.73 Å². The molecule has 0 aromatic heterocycles. The number of nitro benzene ring substituents is 1. The van der Waals surface area contributed by atoms with E-state index in [1.807, 2.05) is 0 Å². The zero-order chi connectivity index (χ0) is 16.4. The Balaban J connectivity index is 3.28. The fraction of sp³-hybridized carbons (Fsp3) is 0.455. The van der Waals surface area contributed by atoms with E-state index in [1.165, 1.54) is 0 Å². The zero-order valence-electron chi connectivity index (χ0n) is 11.7. The van der Waals surface area contributed by atoms with Crippen LogP contribution < -0.4 is 15.2 Å². The summed E-state index contributed by atoms with van der Waals surface area (Å²) in [6.07, 6.45) is 0. The van der Waals surface area contributed by atoms with Crippen LogP contribution in [0.15, 0.2) is 17.0 Å². The molecule has 3 N–H and O–H groups in total. The van der Waals surface area contributed by atoms with Gasteiger partial charge in [-0.25, -0.2) is 17.5 Å². The normalized spacial score (nSPS) is 12.2. The lowest BCUT2D eigenvalue weighted by Crippen LogP contribution is -2.45. The van der Waals surface area contributed by atoms with Crippen LogP contribution in [0.4, 0.5) is 10.1 Å². The second-order valence-electron chi connectivity index (χ2n) is 5.03. The fourth-order valence-corrected chi connectivity index (χ4v) is 2.67. The minimum atomic E-state index is -4.13. The molecule has 21 heavy (non-hydrogen) atoms. The minimum absolute atomic E-state index is 0.114. The lowest BCUT2D eigenvalue weighted by atomic mass is 10.1. The van der Waals surface area contributed by atoms with Gasteiger partial charge in [0.05, 0.1) is 16.9 Å². The smallest absolute Gasteiger partial charge is 0.315 e. The quantitative estimate of drug-likeness (QED) is 0.588. The Morgan fingerprint density at radius 2 is 2.05 bits per heavy atom. The number of rotatable bonds is 6. The molecule has 118 valence electrons. The standard InChI is InChI=1S/C11H16FN3O5S/c1-11(2,13)6-14-21(18,19)7-4-8(12)10(20-3)9(5-7)15(16)17/h4-5,14H,6,13H2,1-3H3. The van der Waals surface area contributed by atoms with E-state index in [1.54, 1.807) is 13.8 Å².